The number of aromatic nitrogens is 4. The number of anilines is 2. The maximum Gasteiger partial charge on any atom is 0.333 e. The Bertz CT molecular complexity index is 1250. The first kappa shape index (κ1) is 20.7. The van der Waals surface area contributed by atoms with Gasteiger partial charge in [0.1, 0.15) is 12.3 Å². The number of nitrogens with zero attached hydrogens (tertiary/aromatic N) is 5. The van der Waals surface area contributed by atoms with E-state index in [1.54, 1.807) is 21.1 Å². The second-order valence-electron chi connectivity index (χ2n) is 7.65. The first-order valence-electron chi connectivity index (χ1n) is 10.1. The van der Waals surface area contributed by atoms with Gasteiger partial charge in [-0.05, 0) is 37.1 Å². The molecule has 3 heterocycles. The van der Waals surface area contributed by atoms with E-state index in [1.807, 2.05) is 33.7 Å². The first-order valence-corrected chi connectivity index (χ1v) is 10.1. The summed E-state index contributed by atoms with van der Waals surface area (Å²) in [5, 5.41) is 0. The van der Waals surface area contributed by atoms with Gasteiger partial charge in [-0.15, -0.1) is 0 Å². The summed E-state index contributed by atoms with van der Waals surface area (Å²) in [7, 11) is 3.16. The fraction of sp³-hybridized carbons (Fsp3) is 0.429. The lowest BCUT2D eigenvalue weighted by atomic mass is 10.1. The maximum atomic E-state index is 13.3. The molecule has 1 atom stereocenters. The topological polar surface area (TPSA) is 101 Å². The third-order valence-corrected chi connectivity index (χ3v) is 5.42. The Morgan fingerprint density at radius 3 is 2.55 bits per heavy atom. The highest BCUT2D eigenvalue weighted by molar-refractivity contribution is 5.77. The lowest BCUT2D eigenvalue weighted by molar-refractivity contribution is -0.143. The monoisotopic (exact) mass is 427 g/mol. The Hall–Kier alpha value is -3.56. The van der Waals surface area contributed by atoms with Crippen molar-refractivity contribution >= 4 is 28.8 Å². The van der Waals surface area contributed by atoms with Crippen LogP contribution in [0, 0.1) is 5.92 Å². The highest BCUT2D eigenvalue weighted by atomic mass is 16.5. The van der Waals surface area contributed by atoms with E-state index in [1.165, 1.54) is 4.57 Å². The molecular formula is C21H25N5O5. The van der Waals surface area contributed by atoms with Crippen LogP contribution in [0.3, 0.4) is 0 Å². The van der Waals surface area contributed by atoms with Crippen LogP contribution >= 0.6 is 0 Å². The average molecular weight is 427 g/mol. The van der Waals surface area contributed by atoms with Crippen LogP contribution in [0.25, 0.3) is 11.2 Å². The number of methoxy groups -OCH3 is 1. The van der Waals surface area contributed by atoms with Gasteiger partial charge in [0.2, 0.25) is 5.95 Å². The van der Waals surface area contributed by atoms with Gasteiger partial charge in [0, 0.05) is 25.8 Å². The number of hydrogen-bond donors (Lipinski definition) is 0. The van der Waals surface area contributed by atoms with E-state index in [9.17, 15) is 14.4 Å². The van der Waals surface area contributed by atoms with Gasteiger partial charge in [0.15, 0.2) is 11.2 Å². The van der Waals surface area contributed by atoms with E-state index in [0.717, 1.165) is 16.0 Å². The van der Waals surface area contributed by atoms with Gasteiger partial charge >= 0.3 is 11.7 Å². The Morgan fingerprint density at radius 1 is 1.19 bits per heavy atom. The van der Waals surface area contributed by atoms with Crippen LogP contribution in [0.15, 0.2) is 33.9 Å². The van der Waals surface area contributed by atoms with E-state index in [0.29, 0.717) is 24.6 Å². The van der Waals surface area contributed by atoms with Crippen LogP contribution in [-0.4, -0.2) is 44.9 Å². The van der Waals surface area contributed by atoms with Crippen LogP contribution in [0.4, 0.5) is 11.6 Å². The zero-order valence-corrected chi connectivity index (χ0v) is 18.0. The minimum absolute atomic E-state index is 0.173. The van der Waals surface area contributed by atoms with Crippen molar-refractivity contribution in [1.29, 1.82) is 0 Å². The van der Waals surface area contributed by atoms with Crippen LogP contribution < -0.4 is 20.9 Å². The van der Waals surface area contributed by atoms with Crippen molar-refractivity contribution in [2.45, 2.75) is 26.9 Å². The zero-order valence-electron chi connectivity index (χ0n) is 18.0. The lowest BCUT2D eigenvalue weighted by Crippen LogP contribution is -2.42. The molecule has 1 aromatic carbocycles. The molecule has 31 heavy (non-hydrogen) atoms. The first-order chi connectivity index (χ1) is 14.8. The van der Waals surface area contributed by atoms with Gasteiger partial charge in [-0.1, -0.05) is 6.92 Å². The molecule has 0 aliphatic carbocycles. The molecule has 2 aromatic heterocycles. The number of esters is 1. The Morgan fingerprint density at radius 2 is 1.90 bits per heavy atom. The van der Waals surface area contributed by atoms with Crippen molar-refractivity contribution in [3.63, 3.8) is 0 Å². The van der Waals surface area contributed by atoms with E-state index in [2.05, 4.69) is 11.9 Å². The molecule has 1 aliphatic heterocycles. The summed E-state index contributed by atoms with van der Waals surface area (Å²) in [4.78, 5) is 44.7. The molecular weight excluding hydrogens is 402 g/mol. The number of carbonyl (C=O) groups excluding carboxylic acids is 1. The Balaban J connectivity index is 1.90. The molecule has 1 aliphatic rings. The van der Waals surface area contributed by atoms with Gasteiger partial charge in [-0.25, -0.2) is 9.36 Å². The van der Waals surface area contributed by atoms with Crippen LogP contribution in [-0.2, 0) is 29.7 Å². The highest BCUT2D eigenvalue weighted by Crippen LogP contribution is 2.33. The normalized spacial score (nSPS) is 15.7. The van der Waals surface area contributed by atoms with E-state index >= 15 is 0 Å². The van der Waals surface area contributed by atoms with Crippen LogP contribution in [0.2, 0.25) is 0 Å². The molecule has 0 amide bonds. The molecule has 0 saturated heterocycles. The van der Waals surface area contributed by atoms with Gasteiger partial charge < -0.3 is 18.9 Å². The van der Waals surface area contributed by atoms with E-state index < -0.39 is 23.8 Å². The van der Waals surface area contributed by atoms with Gasteiger partial charge in [0.25, 0.3) is 5.56 Å². The molecule has 0 radical (unpaired) electrons. The number of ether oxygens (including phenoxy) is 2. The predicted molar refractivity (Wildman–Crippen MR) is 115 cm³/mol. The molecule has 4 rings (SSSR count). The minimum Gasteiger partial charge on any atom is -0.497 e. The fourth-order valence-electron chi connectivity index (χ4n) is 3.96. The molecule has 0 saturated carbocycles. The number of imidazole rings is 1. The molecule has 0 fully saturated rings. The smallest absolute Gasteiger partial charge is 0.333 e. The summed E-state index contributed by atoms with van der Waals surface area (Å²) in [6.07, 6.45) is 0. The lowest BCUT2D eigenvalue weighted by Gasteiger charge is -2.33. The van der Waals surface area contributed by atoms with Crippen molar-refractivity contribution in [2.24, 2.45) is 13.0 Å². The zero-order chi connectivity index (χ0) is 22.3. The average Bonchev–Trinajstić information content (AvgIpc) is 3.14. The van der Waals surface area contributed by atoms with Crippen molar-refractivity contribution in [3.05, 3.63) is 45.1 Å². The number of carbonyl (C=O) groups is 1. The molecule has 0 unspecified atom stereocenters. The summed E-state index contributed by atoms with van der Waals surface area (Å²) in [6, 6.07) is 7.59. The van der Waals surface area contributed by atoms with E-state index in [4.69, 9.17) is 9.47 Å². The van der Waals surface area contributed by atoms with Crippen molar-refractivity contribution < 1.29 is 14.3 Å². The van der Waals surface area contributed by atoms with Crippen molar-refractivity contribution in [3.8, 4) is 5.75 Å². The second kappa shape index (κ2) is 7.93. The number of benzene rings is 1. The number of aryl methyl sites for hydroxylation is 1. The fourth-order valence-corrected chi connectivity index (χ4v) is 3.96. The summed E-state index contributed by atoms with van der Waals surface area (Å²) in [5.74, 6) is 0.917. The van der Waals surface area contributed by atoms with Crippen molar-refractivity contribution in [1.82, 2.24) is 18.7 Å². The number of rotatable bonds is 5. The number of hydrogen-bond acceptors (Lipinski definition) is 7. The molecule has 10 heteroatoms. The van der Waals surface area contributed by atoms with Crippen LogP contribution in [0.1, 0.15) is 13.8 Å². The van der Waals surface area contributed by atoms with E-state index in [-0.39, 0.29) is 18.2 Å². The summed E-state index contributed by atoms with van der Waals surface area (Å²) < 4.78 is 14.2. The summed E-state index contributed by atoms with van der Waals surface area (Å²) >= 11 is 0. The van der Waals surface area contributed by atoms with Gasteiger partial charge in [0.05, 0.1) is 13.7 Å². The van der Waals surface area contributed by atoms with Crippen LogP contribution in [0.5, 0.6) is 5.75 Å². The molecule has 164 valence electrons. The molecule has 0 bridgehead atoms. The van der Waals surface area contributed by atoms with Crippen molar-refractivity contribution in [2.75, 3.05) is 25.2 Å². The minimum atomic E-state index is -0.632. The highest BCUT2D eigenvalue weighted by Gasteiger charge is 2.30. The molecule has 10 nitrogen and oxygen atoms in total. The molecule has 0 N–H and O–H groups in total. The quantitative estimate of drug-likeness (QED) is 0.565. The Kier molecular flexibility index (Phi) is 5.30. The predicted octanol–water partition coefficient (Wildman–Crippen LogP) is 1.26. The largest absolute Gasteiger partial charge is 0.497 e. The van der Waals surface area contributed by atoms with Gasteiger partial charge in [-0.3, -0.25) is 14.2 Å². The number of fused-ring (bicyclic) bond motifs is 3. The maximum absolute atomic E-state index is 13.3. The molecule has 0 spiro atoms. The standard InChI is InChI=1S/C21H25N5O5/c1-5-31-16(27)12-26-19(28)17-18(23(3)21(26)29)22-20-24(10-13(2)11-25(17)20)14-6-8-15(30-4)9-7-14/h6-9,13H,5,10-12H2,1-4H3/t13-/m0/s1. The summed E-state index contributed by atoms with van der Waals surface area (Å²) in [5.41, 5.74) is 0.337. The molecule has 3 aromatic rings. The Labute approximate surface area is 178 Å². The second-order valence-corrected chi connectivity index (χ2v) is 7.65. The summed E-state index contributed by atoms with van der Waals surface area (Å²) in [6.45, 7) is 4.78. The third-order valence-electron chi connectivity index (χ3n) is 5.42. The van der Waals surface area contributed by atoms with Gasteiger partial charge in [-0.2, -0.15) is 4.98 Å². The SMILES string of the molecule is CCOC(=O)Cn1c(=O)c2c(nc3n2C[C@@H](C)CN3c2ccc(OC)cc2)n(C)c1=O. The third kappa shape index (κ3) is 3.47.